The summed E-state index contributed by atoms with van der Waals surface area (Å²) in [7, 11) is 0. The number of rotatable bonds is 8. The van der Waals surface area contributed by atoms with Crippen molar-refractivity contribution in [3.05, 3.63) is 64.7 Å². The molecular weight excluding hydrogens is 452 g/mol. The maximum Gasteiger partial charge on any atom is 0.320 e. The van der Waals surface area contributed by atoms with Gasteiger partial charge in [-0.1, -0.05) is 35.9 Å². The zero-order valence-electron chi connectivity index (χ0n) is 19.4. The number of carbonyl (C=O) groups is 2. The summed E-state index contributed by atoms with van der Waals surface area (Å²) in [6, 6.07) is 14.6. The van der Waals surface area contributed by atoms with Gasteiger partial charge in [-0.05, 0) is 74.0 Å². The zero-order valence-corrected chi connectivity index (χ0v) is 20.1. The highest BCUT2D eigenvalue weighted by atomic mass is 35.5. The predicted molar refractivity (Wildman–Crippen MR) is 134 cm³/mol. The number of anilines is 1. The number of likely N-dealkylation sites (tertiary alicyclic amines) is 2. The van der Waals surface area contributed by atoms with Crippen LogP contribution in [0.5, 0.6) is 0 Å². The van der Waals surface area contributed by atoms with Crippen LogP contribution in [-0.4, -0.2) is 65.6 Å². The Balaban J connectivity index is 1.21. The lowest BCUT2D eigenvalue weighted by atomic mass is 10.1. The Morgan fingerprint density at radius 1 is 1.06 bits per heavy atom. The van der Waals surface area contributed by atoms with Crippen LogP contribution in [0.25, 0.3) is 0 Å². The van der Waals surface area contributed by atoms with Crippen molar-refractivity contribution in [2.75, 3.05) is 38.0 Å². The van der Waals surface area contributed by atoms with Crippen molar-refractivity contribution in [1.29, 1.82) is 0 Å². The number of carbonyl (C=O) groups excluding carboxylic acids is 2. The lowest BCUT2D eigenvalue weighted by molar-refractivity contribution is -0.119. The Morgan fingerprint density at radius 3 is 2.56 bits per heavy atom. The summed E-state index contributed by atoms with van der Waals surface area (Å²) in [5.74, 6) is -0.116. The number of hydrogen-bond donors (Lipinski definition) is 3. The molecule has 2 fully saturated rings. The van der Waals surface area contributed by atoms with Crippen molar-refractivity contribution in [3.8, 4) is 0 Å². The number of benzene rings is 2. The van der Waals surface area contributed by atoms with Gasteiger partial charge in [0, 0.05) is 36.9 Å². The number of nitrogens with zero attached hydrogens (tertiary/aromatic N) is 2. The first-order valence-electron chi connectivity index (χ1n) is 12.1. The van der Waals surface area contributed by atoms with Gasteiger partial charge in [0.25, 0.3) is 0 Å². The quantitative estimate of drug-likeness (QED) is 0.497. The highest BCUT2D eigenvalue weighted by Gasteiger charge is 2.36. The average Bonchev–Trinajstić information content (AvgIpc) is 3.55. The van der Waals surface area contributed by atoms with E-state index in [2.05, 4.69) is 10.6 Å². The number of halogens is 1. The average molecular weight is 485 g/mol. The van der Waals surface area contributed by atoms with Crippen LogP contribution in [0.15, 0.2) is 48.5 Å². The number of amides is 3. The molecule has 0 bridgehead atoms. The van der Waals surface area contributed by atoms with Gasteiger partial charge in [-0.3, -0.25) is 4.79 Å². The molecule has 2 unspecified atom stereocenters. The lowest BCUT2D eigenvalue weighted by Crippen LogP contribution is -2.48. The minimum atomic E-state index is -0.608. The summed E-state index contributed by atoms with van der Waals surface area (Å²) in [6.45, 7) is 3.39. The van der Waals surface area contributed by atoms with Crippen LogP contribution in [0, 0.1) is 0 Å². The topological polar surface area (TPSA) is 84.9 Å². The minimum absolute atomic E-state index is 0.00141. The Hall–Kier alpha value is -2.61. The van der Waals surface area contributed by atoms with Gasteiger partial charge in [0.2, 0.25) is 5.91 Å². The first-order chi connectivity index (χ1) is 16.5. The summed E-state index contributed by atoms with van der Waals surface area (Å²) in [5.41, 5.74) is 2.66. The van der Waals surface area contributed by atoms with Gasteiger partial charge in [0.15, 0.2) is 0 Å². The number of hydrogen-bond acceptors (Lipinski definition) is 4. The van der Waals surface area contributed by atoms with Gasteiger partial charge < -0.3 is 25.5 Å². The molecule has 7 nitrogen and oxygen atoms in total. The van der Waals surface area contributed by atoms with Crippen molar-refractivity contribution < 1.29 is 14.7 Å². The van der Waals surface area contributed by atoms with Crippen LogP contribution < -0.4 is 10.6 Å². The molecule has 34 heavy (non-hydrogen) atoms. The third-order valence-electron chi connectivity index (χ3n) is 6.56. The molecule has 0 aliphatic carbocycles. The third kappa shape index (κ3) is 6.29. The maximum atomic E-state index is 12.9. The molecule has 2 saturated heterocycles. The number of aliphatic hydroxyl groups is 1. The van der Waals surface area contributed by atoms with Crippen LogP contribution in [0.1, 0.15) is 42.9 Å². The van der Waals surface area contributed by atoms with Crippen LogP contribution >= 0.6 is 11.6 Å². The second-order valence-electron chi connectivity index (χ2n) is 9.04. The molecule has 2 heterocycles. The summed E-state index contributed by atoms with van der Waals surface area (Å²) in [5, 5.41) is 17.1. The second kappa shape index (κ2) is 11.7. The Labute approximate surface area is 206 Å². The summed E-state index contributed by atoms with van der Waals surface area (Å²) in [6.07, 6.45) is 3.84. The zero-order chi connectivity index (χ0) is 23.9. The third-order valence-corrected chi connectivity index (χ3v) is 6.80. The molecule has 2 atom stereocenters. The second-order valence-corrected chi connectivity index (χ2v) is 9.48. The monoisotopic (exact) mass is 484 g/mol. The van der Waals surface area contributed by atoms with Gasteiger partial charge in [0.1, 0.15) is 6.04 Å². The molecule has 2 aromatic rings. The summed E-state index contributed by atoms with van der Waals surface area (Å²) in [4.78, 5) is 29.2. The molecule has 0 aromatic heterocycles. The maximum absolute atomic E-state index is 12.9. The van der Waals surface area contributed by atoms with E-state index >= 15 is 0 Å². The fraction of sp³-hybridized carbons (Fsp3) is 0.462. The largest absolute Gasteiger partial charge is 0.387 e. The number of urea groups is 1. The normalized spacial score (nSPS) is 18.8. The van der Waals surface area contributed by atoms with E-state index in [1.54, 1.807) is 17.0 Å². The van der Waals surface area contributed by atoms with E-state index < -0.39 is 12.1 Å². The lowest BCUT2D eigenvalue weighted by Gasteiger charge is -2.28. The first kappa shape index (κ1) is 24.5. The van der Waals surface area contributed by atoms with E-state index in [0.717, 1.165) is 62.1 Å². The van der Waals surface area contributed by atoms with Crippen LogP contribution in [0.3, 0.4) is 0 Å². The van der Waals surface area contributed by atoms with Crippen molar-refractivity contribution in [1.82, 2.24) is 15.1 Å². The molecule has 8 heteroatoms. The molecule has 182 valence electrons. The minimum Gasteiger partial charge on any atom is -0.387 e. The molecule has 0 spiro atoms. The molecule has 2 aliphatic rings. The van der Waals surface area contributed by atoms with Crippen molar-refractivity contribution in [2.45, 2.75) is 44.2 Å². The molecule has 3 amide bonds. The fourth-order valence-corrected chi connectivity index (χ4v) is 4.84. The molecule has 0 radical (unpaired) electrons. The number of nitrogens with one attached hydrogen (secondary N) is 2. The van der Waals surface area contributed by atoms with E-state index in [-0.39, 0.29) is 11.9 Å². The van der Waals surface area contributed by atoms with Gasteiger partial charge in [-0.2, -0.15) is 0 Å². The van der Waals surface area contributed by atoms with E-state index in [1.807, 2.05) is 41.3 Å². The van der Waals surface area contributed by atoms with Crippen LogP contribution in [-0.2, 0) is 11.2 Å². The SMILES string of the molecule is O=C(Nc1ccc(CCNCC(O)c2cccc(Cl)c2)cc1)C1CCCN1C(=O)N1CCCC1. The predicted octanol–water partition coefficient (Wildman–Crippen LogP) is 3.82. The number of aliphatic hydroxyl groups excluding tert-OH is 1. The van der Waals surface area contributed by atoms with Gasteiger partial charge in [-0.25, -0.2) is 4.79 Å². The molecule has 2 aromatic carbocycles. The van der Waals surface area contributed by atoms with E-state index in [1.165, 1.54) is 0 Å². The Kier molecular flexibility index (Phi) is 8.43. The molecular formula is C26H33ClN4O3. The molecule has 3 N–H and O–H groups in total. The van der Waals surface area contributed by atoms with E-state index in [9.17, 15) is 14.7 Å². The van der Waals surface area contributed by atoms with Crippen molar-refractivity contribution >= 4 is 29.2 Å². The fourth-order valence-electron chi connectivity index (χ4n) is 4.64. The van der Waals surface area contributed by atoms with Crippen molar-refractivity contribution in [2.24, 2.45) is 0 Å². The summed E-state index contributed by atoms with van der Waals surface area (Å²) >= 11 is 5.98. The van der Waals surface area contributed by atoms with Gasteiger partial charge in [0.05, 0.1) is 6.10 Å². The highest BCUT2D eigenvalue weighted by molar-refractivity contribution is 6.30. The molecule has 4 rings (SSSR count). The smallest absolute Gasteiger partial charge is 0.320 e. The summed E-state index contributed by atoms with van der Waals surface area (Å²) < 4.78 is 0. The molecule has 0 saturated carbocycles. The Morgan fingerprint density at radius 2 is 1.82 bits per heavy atom. The highest BCUT2D eigenvalue weighted by Crippen LogP contribution is 2.23. The first-order valence-corrected chi connectivity index (χ1v) is 12.5. The van der Waals surface area contributed by atoms with E-state index in [0.29, 0.717) is 24.5 Å². The van der Waals surface area contributed by atoms with Crippen molar-refractivity contribution in [3.63, 3.8) is 0 Å². The standard InChI is InChI=1S/C26H33ClN4O3/c27-21-6-3-5-20(17-21)24(32)18-28-13-12-19-8-10-22(11-9-19)29-25(33)23-7-4-16-31(23)26(34)30-14-1-2-15-30/h3,5-6,8-11,17,23-24,28,32H,1-2,4,7,12-16,18H2,(H,29,33). The van der Waals surface area contributed by atoms with Gasteiger partial charge >= 0.3 is 6.03 Å². The van der Waals surface area contributed by atoms with Crippen LogP contribution in [0.4, 0.5) is 10.5 Å². The molecule has 2 aliphatic heterocycles. The van der Waals surface area contributed by atoms with Gasteiger partial charge in [-0.15, -0.1) is 0 Å². The Bertz CT molecular complexity index is 978. The van der Waals surface area contributed by atoms with E-state index in [4.69, 9.17) is 11.6 Å². The van der Waals surface area contributed by atoms with Crippen LogP contribution in [0.2, 0.25) is 5.02 Å².